The summed E-state index contributed by atoms with van der Waals surface area (Å²) in [5.41, 5.74) is 2.18. The molecule has 0 atom stereocenters. The lowest BCUT2D eigenvalue weighted by atomic mass is 10.2. The Balaban J connectivity index is 2.35. The zero-order valence-corrected chi connectivity index (χ0v) is 12.6. The Bertz CT molecular complexity index is 694. The Morgan fingerprint density at radius 3 is 2.38 bits per heavy atom. The molecule has 2 aromatic heterocycles. The first-order valence-corrected chi connectivity index (χ1v) is 6.29. The lowest BCUT2D eigenvalue weighted by molar-refractivity contribution is 0.0589. The molecular formula is C13H17N5O3. The fourth-order valence-corrected chi connectivity index (χ4v) is 1.99. The van der Waals surface area contributed by atoms with Crippen molar-refractivity contribution in [1.82, 2.24) is 19.6 Å². The summed E-state index contributed by atoms with van der Waals surface area (Å²) in [4.78, 5) is 24.0. The first-order chi connectivity index (χ1) is 9.85. The Hall–Kier alpha value is -2.64. The largest absolute Gasteiger partial charge is 0.464 e. The van der Waals surface area contributed by atoms with Crippen LogP contribution in [-0.4, -0.2) is 38.5 Å². The van der Waals surface area contributed by atoms with Crippen molar-refractivity contribution >= 4 is 17.6 Å². The van der Waals surface area contributed by atoms with Crippen LogP contribution in [0.2, 0.25) is 0 Å². The van der Waals surface area contributed by atoms with Gasteiger partial charge in [0.25, 0.3) is 5.91 Å². The fourth-order valence-electron chi connectivity index (χ4n) is 1.99. The van der Waals surface area contributed by atoms with E-state index in [2.05, 4.69) is 15.5 Å². The maximum atomic E-state index is 12.2. The number of methoxy groups -OCH3 is 1. The number of nitrogens with zero attached hydrogens (tertiary/aromatic N) is 4. The SMILES string of the molecule is COC(=O)c1c(NC(=O)c2cc(C)n(C)n2)c(C)nn1C. The van der Waals surface area contributed by atoms with E-state index in [9.17, 15) is 9.59 Å². The molecule has 1 N–H and O–H groups in total. The maximum Gasteiger partial charge on any atom is 0.358 e. The van der Waals surface area contributed by atoms with Crippen molar-refractivity contribution in [2.45, 2.75) is 13.8 Å². The van der Waals surface area contributed by atoms with Crippen LogP contribution in [-0.2, 0) is 18.8 Å². The van der Waals surface area contributed by atoms with Gasteiger partial charge in [0.05, 0.1) is 18.5 Å². The molecule has 0 radical (unpaired) electrons. The van der Waals surface area contributed by atoms with Gasteiger partial charge in [0.15, 0.2) is 11.4 Å². The predicted octanol–water partition coefficient (Wildman–Crippen LogP) is 0.809. The first-order valence-electron chi connectivity index (χ1n) is 6.29. The molecule has 8 heteroatoms. The van der Waals surface area contributed by atoms with E-state index in [1.54, 1.807) is 31.8 Å². The second kappa shape index (κ2) is 5.39. The number of nitrogens with one attached hydrogen (secondary N) is 1. The minimum atomic E-state index is -0.564. The molecule has 112 valence electrons. The van der Waals surface area contributed by atoms with Crippen LogP contribution in [0.5, 0.6) is 0 Å². The van der Waals surface area contributed by atoms with Crippen molar-refractivity contribution < 1.29 is 14.3 Å². The maximum absolute atomic E-state index is 12.2. The number of hydrogen-bond donors (Lipinski definition) is 1. The quantitative estimate of drug-likeness (QED) is 0.845. The number of carbonyl (C=O) groups is 2. The highest BCUT2D eigenvalue weighted by atomic mass is 16.5. The lowest BCUT2D eigenvalue weighted by Gasteiger charge is -2.05. The molecule has 0 fully saturated rings. The van der Waals surface area contributed by atoms with E-state index in [1.165, 1.54) is 11.8 Å². The Kier molecular flexibility index (Phi) is 3.79. The van der Waals surface area contributed by atoms with E-state index < -0.39 is 11.9 Å². The van der Waals surface area contributed by atoms with E-state index in [-0.39, 0.29) is 11.4 Å². The van der Waals surface area contributed by atoms with Crippen LogP contribution < -0.4 is 5.32 Å². The van der Waals surface area contributed by atoms with E-state index in [0.29, 0.717) is 11.4 Å². The van der Waals surface area contributed by atoms with Gasteiger partial charge >= 0.3 is 5.97 Å². The monoisotopic (exact) mass is 291 g/mol. The summed E-state index contributed by atoms with van der Waals surface area (Å²) < 4.78 is 7.69. The highest BCUT2D eigenvalue weighted by molar-refractivity contribution is 6.07. The molecule has 1 amide bonds. The molecule has 21 heavy (non-hydrogen) atoms. The molecule has 0 unspecified atom stereocenters. The van der Waals surface area contributed by atoms with Crippen LogP contribution in [0.15, 0.2) is 6.07 Å². The molecule has 2 rings (SSSR count). The summed E-state index contributed by atoms with van der Waals surface area (Å²) in [6.45, 7) is 3.55. The van der Waals surface area contributed by atoms with Crippen molar-refractivity contribution in [1.29, 1.82) is 0 Å². The zero-order chi connectivity index (χ0) is 15.7. The topological polar surface area (TPSA) is 91.0 Å². The summed E-state index contributed by atoms with van der Waals surface area (Å²) in [5.74, 6) is -0.967. The van der Waals surface area contributed by atoms with Crippen molar-refractivity contribution in [3.8, 4) is 0 Å². The molecule has 0 bridgehead atoms. The summed E-state index contributed by atoms with van der Waals surface area (Å²) in [7, 11) is 4.64. The first kappa shape index (κ1) is 14.8. The third-order valence-electron chi connectivity index (χ3n) is 3.19. The van der Waals surface area contributed by atoms with Crippen molar-refractivity contribution in [3.05, 3.63) is 28.8 Å². The smallest absolute Gasteiger partial charge is 0.358 e. The van der Waals surface area contributed by atoms with E-state index in [1.807, 2.05) is 6.92 Å². The number of aromatic nitrogens is 4. The molecule has 2 aromatic rings. The van der Waals surface area contributed by atoms with Gasteiger partial charge in [-0.3, -0.25) is 14.2 Å². The minimum Gasteiger partial charge on any atom is -0.464 e. The molecule has 0 aromatic carbocycles. The normalized spacial score (nSPS) is 10.5. The number of ether oxygens (including phenoxy) is 1. The molecule has 0 aliphatic heterocycles. The van der Waals surface area contributed by atoms with Gasteiger partial charge in [-0.15, -0.1) is 0 Å². The number of rotatable bonds is 3. The number of carbonyl (C=O) groups excluding carboxylic acids is 2. The summed E-state index contributed by atoms with van der Waals surface area (Å²) in [5, 5.41) is 10.9. The summed E-state index contributed by atoms with van der Waals surface area (Å²) in [6, 6.07) is 1.67. The second-order valence-corrected chi connectivity index (χ2v) is 4.67. The van der Waals surface area contributed by atoms with Gasteiger partial charge in [-0.25, -0.2) is 4.79 Å². The molecule has 0 saturated carbocycles. The highest BCUT2D eigenvalue weighted by Crippen LogP contribution is 2.21. The van der Waals surface area contributed by atoms with Crippen molar-refractivity contribution in [3.63, 3.8) is 0 Å². The van der Waals surface area contributed by atoms with E-state index in [4.69, 9.17) is 4.74 Å². The number of esters is 1. The van der Waals surface area contributed by atoms with Crippen LogP contribution in [0.3, 0.4) is 0 Å². The highest BCUT2D eigenvalue weighted by Gasteiger charge is 2.23. The molecule has 2 heterocycles. The molecular weight excluding hydrogens is 274 g/mol. The van der Waals surface area contributed by atoms with Crippen LogP contribution >= 0.6 is 0 Å². The summed E-state index contributed by atoms with van der Waals surface area (Å²) >= 11 is 0. The van der Waals surface area contributed by atoms with Crippen molar-refractivity contribution in [2.75, 3.05) is 12.4 Å². The lowest BCUT2D eigenvalue weighted by Crippen LogP contribution is -2.17. The number of anilines is 1. The molecule has 0 aliphatic rings. The number of amides is 1. The van der Waals surface area contributed by atoms with Crippen LogP contribution in [0, 0.1) is 13.8 Å². The second-order valence-electron chi connectivity index (χ2n) is 4.67. The standard InChI is InChI=1S/C13H17N5O3/c1-7-6-9(16-17(7)3)12(19)14-10-8(2)15-18(4)11(10)13(20)21-5/h6H,1-5H3,(H,14,19). The molecule has 8 nitrogen and oxygen atoms in total. The van der Waals surface area contributed by atoms with E-state index in [0.717, 1.165) is 5.69 Å². The number of hydrogen-bond acceptors (Lipinski definition) is 5. The molecule has 0 aliphatic carbocycles. The van der Waals surface area contributed by atoms with Gasteiger partial charge in [0, 0.05) is 19.8 Å². The Morgan fingerprint density at radius 1 is 1.19 bits per heavy atom. The Labute approximate surface area is 121 Å². The fraction of sp³-hybridized carbons (Fsp3) is 0.385. The third kappa shape index (κ3) is 2.64. The van der Waals surface area contributed by atoms with Crippen molar-refractivity contribution in [2.24, 2.45) is 14.1 Å². The van der Waals surface area contributed by atoms with Gasteiger partial charge < -0.3 is 10.1 Å². The zero-order valence-electron chi connectivity index (χ0n) is 12.6. The third-order valence-corrected chi connectivity index (χ3v) is 3.19. The number of aryl methyl sites for hydroxylation is 4. The summed E-state index contributed by atoms with van der Waals surface area (Å²) in [6.07, 6.45) is 0. The average molecular weight is 291 g/mol. The van der Waals surface area contributed by atoms with Gasteiger partial charge in [0.2, 0.25) is 0 Å². The van der Waals surface area contributed by atoms with E-state index >= 15 is 0 Å². The van der Waals surface area contributed by atoms with Gasteiger partial charge in [-0.2, -0.15) is 10.2 Å². The predicted molar refractivity (Wildman–Crippen MR) is 75.2 cm³/mol. The Morgan fingerprint density at radius 2 is 1.86 bits per heavy atom. The van der Waals surface area contributed by atoms with Gasteiger partial charge in [-0.05, 0) is 19.9 Å². The molecule has 0 spiro atoms. The van der Waals surface area contributed by atoms with Gasteiger partial charge in [0.1, 0.15) is 0 Å². The minimum absolute atomic E-state index is 0.191. The average Bonchev–Trinajstić information content (AvgIpc) is 2.90. The van der Waals surface area contributed by atoms with Crippen LogP contribution in [0.25, 0.3) is 0 Å². The van der Waals surface area contributed by atoms with Gasteiger partial charge in [-0.1, -0.05) is 0 Å². The van der Waals surface area contributed by atoms with Crippen LogP contribution in [0.1, 0.15) is 32.4 Å². The van der Waals surface area contributed by atoms with Crippen LogP contribution in [0.4, 0.5) is 5.69 Å². The molecule has 0 saturated heterocycles.